The van der Waals surface area contributed by atoms with Gasteiger partial charge in [-0.25, -0.2) is 4.79 Å². The summed E-state index contributed by atoms with van der Waals surface area (Å²) in [4.78, 5) is 10.7. The number of carboxylic acids is 1. The third-order valence-electron chi connectivity index (χ3n) is 2.38. The molecule has 0 spiro atoms. The molecule has 17 heavy (non-hydrogen) atoms. The summed E-state index contributed by atoms with van der Waals surface area (Å²) in [6.45, 7) is -0.322. The minimum absolute atomic E-state index is 0.0715. The van der Waals surface area contributed by atoms with Gasteiger partial charge in [0.2, 0.25) is 0 Å². The Balaban J connectivity index is 3.03. The summed E-state index contributed by atoms with van der Waals surface area (Å²) >= 11 is 0. The fourth-order valence-corrected chi connectivity index (χ4v) is 1.42. The van der Waals surface area contributed by atoms with Crippen molar-refractivity contribution in [3.8, 4) is 5.75 Å². The Kier molecular flexibility index (Phi) is 4.45. The summed E-state index contributed by atoms with van der Waals surface area (Å²) in [6.07, 6.45) is -2.78. The number of aromatic hydroxyl groups is 1. The first-order chi connectivity index (χ1) is 7.97. The molecule has 0 aliphatic heterocycles. The van der Waals surface area contributed by atoms with E-state index < -0.39 is 18.2 Å². The molecule has 0 aromatic heterocycles. The van der Waals surface area contributed by atoms with Gasteiger partial charge in [-0.2, -0.15) is 0 Å². The number of aliphatic hydroxyl groups is 3. The number of carboxylic acid groups (broad SMARTS) is 1. The topological polar surface area (TPSA) is 118 Å². The molecular weight excluding hydrogens is 228 g/mol. The van der Waals surface area contributed by atoms with Gasteiger partial charge in [-0.05, 0) is 24.6 Å². The van der Waals surface area contributed by atoms with Gasteiger partial charge in [0.15, 0.2) is 0 Å². The van der Waals surface area contributed by atoms with Crippen LogP contribution >= 0.6 is 0 Å². The quantitative estimate of drug-likeness (QED) is 0.490. The molecule has 1 aromatic rings. The zero-order valence-electron chi connectivity index (χ0n) is 8.95. The Morgan fingerprint density at radius 1 is 1.29 bits per heavy atom. The Bertz CT molecular complexity index is 403. The molecule has 0 amide bonds. The standard InChI is InChI=1S/C11H14O6/c12-4-3-9(14)10(15)7-5-6(11(16)17)1-2-8(7)13/h1-2,5,9-10,12-15H,3-4H2,(H,16,17). The molecule has 0 aliphatic rings. The van der Waals surface area contributed by atoms with Crippen LogP contribution in [0.3, 0.4) is 0 Å². The maximum Gasteiger partial charge on any atom is 0.335 e. The average Bonchev–Trinajstić information content (AvgIpc) is 2.28. The van der Waals surface area contributed by atoms with Gasteiger partial charge in [0.05, 0.1) is 11.7 Å². The Morgan fingerprint density at radius 3 is 2.47 bits per heavy atom. The lowest BCUT2D eigenvalue weighted by molar-refractivity contribution is 0.00298. The van der Waals surface area contributed by atoms with Crippen molar-refractivity contribution in [2.24, 2.45) is 0 Å². The molecule has 5 N–H and O–H groups in total. The maximum absolute atomic E-state index is 10.7. The molecule has 6 nitrogen and oxygen atoms in total. The van der Waals surface area contributed by atoms with Gasteiger partial charge in [0.25, 0.3) is 0 Å². The minimum Gasteiger partial charge on any atom is -0.508 e. The van der Waals surface area contributed by atoms with Crippen molar-refractivity contribution < 1.29 is 30.3 Å². The van der Waals surface area contributed by atoms with Crippen molar-refractivity contribution in [2.75, 3.05) is 6.61 Å². The van der Waals surface area contributed by atoms with Crippen LogP contribution in [0.4, 0.5) is 0 Å². The smallest absolute Gasteiger partial charge is 0.335 e. The molecule has 2 atom stereocenters. The lowest BCUT2D eigenvalue weighted by atomic mass is 9.99. The monoisotopic (exact) mass is 242 g/mol. The molecule has 2 unspecified atom stereocenters. The number of benzene rings is 1. The molecule has 0 saturated heterocycles. The van der Waals surface area contributed by atoms with Gasteiger partial charge in [-0.1, -0.05) is 0 Å². The number of hydrogen-bond acceptors (Lipinski definition) is 5. The van der Waals surface area contributed by atoms with Crippen LogP contribution in [-0.4, -0.2) is 44.2 Å². The van der Waals surface area contributed by atoms with Crippen molar-refractivity contribution in [2.45, 2.75) is 18.6 Å². The summed E-state index contributed by atoms with van der Waals surface area (Å²) in [5, 5.41) is 46.0. The zero-order valence-corrected chi connectivity index (χ0v) is 8.95. The van der Waals surface area contributed by atoms with Crippen LogP contribution in [0.2, 0.25) is 0 Å². The van der Waals surface area contributed by atoms with Crippen LogP contribution in [0, 0.1) is 0 Å². The van der Waals surface area contributed by atoms with E-state index in [1.54, 1.807) is 0 Å². The number of rotatable bonds is 5. The Hall–Kier alpha value is -1.63. The van der Waals surface area contributed by atoms with E-state index in [-0.39, 0.29) is 29.9 Å². The highest BCUT2D eigenvalue weighted by atomic mass is 16.4. The second kappa shape index (κ2) is 5.62. The van der Waals surface area contributed by atoms with Crippen LogP contribution in [0.15, 0.2) is 18.2 Å². The first kappa shape index (κ1) is 13.4. The first-order valence-electron chi connectivity index (χ1n) is 5.00. The number of hydrogen-bond donors (Lipinski definition) is 5. The number of phenolic OH excluding ortho intramolecular Hbond substituents is 1. The SMILES string of the molecule is O=C(O)c1ccc(O)c(C(O)C(O)CCO)c1. The first-order valence-corrected chi connectivity index (χ1v) is 5.00. The van der Waals surface area contributed by atoms with Crippen molar-refractivity contribution in [3.63, 3.8) is 0 Å². The average molecular weight is 242 g/mol. The highest BCUT2D eigenvalue weighted by molar-refractivity contribution is 5.88. The highest BCUT2D eigenvalue weighted by Gasteiger charge is 2.22. The third kappa shape index (κ3) is 3.16. The highest BCUT2D eigenvalue weighted by Crippen LogP contribution is 2.28. The lowest BCUT2D eigenvalue weighted by Gasteiger charge is -2.18. The van der Waals surface area contributed by atoms with E-state index in [2.05, 4.69) is 0 Å². The van der Waals surface area contributed by atoms with E-state index >= 15 is 0 Å². The Labute approximate surface area is 97.4 Å². The van der Waals surface area contributed by atoms with Gasteiger partial charge >= 0.3 is 5.97 Å². The van der Waals surface area contributed by atoms with Crippen molar-refractivity contribution in [1.82, 2.24) is 0 Å². The molecular formula is C11H14O6. The molecule has 1 aromatic carbocycles. The summed E-state index contributed by atoms with van der Waals surface area (Å²) in [7, 11) is 0. The van der Waals surface area contributed by atoms with Gasteiger partial charge in [-0.15, -0.1) is 0 Å². The molecule has 0 bridgehead atoms. The summed E-state index contributed by atoms with van der Waals surface area (Å²) in [6, 6.07) is 3.41. The fraction of sp³-hybridized carbons (Fsp3) is 0.364. The van der Waals surface area contributed by atoms with E-state index in [0.717, 1.165) is 12.1 Å². The molecule has 94 valence electrons. The van der Waals surface area contributed by atoms with E-state index in [9.17, 15) is 20.1 Å². The van der Waals surface area contributed by atoms with Crippen molar-refractivity contribution >= 4 is 5.97 Å². The van der Waals surface area contributed by atoms with Gasteiger partial charge in [0, 0.05) is 12.2 Å². The van der Waals surface area contributed by atoms with Crippen LogP contribution in [0.25, 0.3) is 0 Å². The summed E-state index contributed by atoms with van der Waals surface area (Å²) in [5.41, 5.74) is -0.182. The molecule has 0 heterocycles. The molecule has 0 saturated carbocycles. The van der Waals surface area contributed by atoms with E-state index in [0.29, 0.717) is 0 Å². The van der Waals surface area contributed by atoms with Crippen molar-refractivity contribution in [3.05, 3.63) is 29.3 Å². The van der Waals surface area contributed by atoms with Crippen LogP contribution in [0.5, 0.6) is 5.75 Å². The third-order valence-corrected chi connectivity index (χ3v) is 2.38. The molecule has 0 radical (unpaired) electrons. The normalized spacial score (nSPS) is 14.3. The molecule has 6 heteroatoms. The summed E-state index contributed by atoms with van der Waals surface area (Å²) in [5.74, 6) is -1.51. The van der Waals surface area contributed by atoms with Crippen molar-refractivity contribution in [1.29, 1.82) is 0 Å². The fourth-order valence-electron chi connectivity index (χ4n) is 1.42. The minimum atomic E-state index is -1.44. The number of phenols is 1. The predicted octanol–water partition coefficient (Wildman–Crippen LogP) is -0.133. The molecule has 1 rings (SSSR count). The second-order valence-corrected chi connectivity index (χ2v) is 3.60. The van der Waals surface area contributed by atoms with E-state index in [1.165, 1.54) is 6.07 Å². The molecule has 0 fully saturated rings. The van der Waals surface area contributed by atoms with Crippen LogP contribution in [-0.2, 0) is 0 Å². The lowest BCUT2D eigenvalue weighted by Crippen LogP contribution is -2.20. The van der Waals surface area contributed by atoms with Crippen LogP contribution in [0.1, 0.15) is 28.4 Å². The largest absolute Gasteiger partial charge is 0.508 e. The number of carbonyl (C=O) groups is 1. The summed E-state index contributed by atoms with van der Waals surface area (Å²) < 4.78 is 0. The number of aliphatic hydroxyl groups excluding tert-OH is 3. The van der Waals surface area contributed by atoms with Gasteiger partial charge in [-0.3, -0.25) is 0 Å². The Morgan fingerprint density at radius 2 is 1.94 bits per heavy atom. The van der Waals surface area contributed by atoms with E-state index in [4.69, 9.17) is 10.2 Å². The maximum atomic E-state index is 10.7. The predicted molar refractivity (Wildman–Crippen MR) is 57.7 cm³/mol. The zero-order chi connectivity index (χ0) is 13.0. The second-order valence-electron chi connectivity index (χ2n) is 3.60. The van der Waals surface area contributed by atoms with Gasteiger partial charge in [0.1, 0.15) is 11.9 Å². The van der Waals surface area contributed by atoms with Gasteiger partial charge < -0.3 is 25.5 Å². The van der Waals surface area contributed by atoms with Crippen LogP contribution < -0.4 is 0 Å². The number of aromatic carboxylic acids is 1. The molecule has 0 aliphatic carbocycles. The van der Waals surface area contributed by atoms with E-state index in [1.807, 2.05) is 0 Å².